The smallest absolute Gasteiger partial charge is 0.207 e. The van der Waals surface area contributed by atoms with Crippen molar-refractivity contribution in [3.05, 3.63) is 65.5 Å². The molecule has 0 aliphatic heterocycles. The predicted octanol–water partition coefficient (Wildman–Crippen LogP) is 3.26. The Balaban J connectivity index is 2.05. The van der Waals surface area contributed by atoms with E-state index in [1.807, 2.05) is 12.1 Å². The maximum Gasteiger partial charge on any atom is 0.240 e. The molecule has 2 aromatic carbocycles. The summed E-state index contributed by atoms with van der Waals surface area (Å²) in [5, 5.41) is 0. The van der Waals surface area contributed by atoms with Crippen LogP contribution in [0.4, 0.5) is 4.39 Å². The van der Waals surface area contributed by atoms with Crippen molar-refractivity contribution in [1.29, 1.82) is 0 Å². The fraction of sp³-hybridized carbons (Fsp3) is 0.250. The van der Waals surface area contributed by atoms with E-state index in [-0.39, 0.29) is 17.3 Å². The lowest BCUT2D eigenvalue weighted by Gasteiger charge is -2.08. The van der Waals surface area contributed by atoms with E-state index < -0.39 is 10.0 Å². The minimum absolute atomic E-state index is 0.138. The molecule has 2 aromatic rings. The topological polar surface area (TPSA) is 46.2 Å². The summed E-state index contributed by atoms with van der Waals surface area (Å²) in [5.41, 5.74) is 1.83. The number of rotatable bonds is 6. The van der Waals surface area contributed by atoms with Crippen molar-refractivity contribution in [2.24, 2.45) is 0 Å². The first-order valence-corrected chi connectivity index (χ1v) is 8.32. The average molecular weight is 307 g/mol. The molecule has 0 radical (unpaired) electrons. The highest BCUT2D eigenvalue weighted by atomic mass is 32.2. The molecule has 0 aliphatic rings. The first-order valence-electron chi connectivity index (χ1n) is 6.84. The highest BCUT2D eigenvalue weighted by Crippen LogP contribution is 2.12. The van der Waals surface area contributed by atoms with Crippen LogP contribution in [0.25, 0.3) is 0 Å². The van der Waals surface area contributed by atoms with Crippen molar-refractivity contribution < 1.29 is 12.8 Å². The van der Waals surface area contributed by atoms with Gasteiger partial charge in [0.15, 0.2) is 0 Å². The van der Waals surface area contributed by atoms with Crippen LogP contribution in [0.5, 0.6) is 0 Å². The van der Waals surface area contributed by atoms with Gasteiger partial charge in [0.25, 0.3) is 0 Å². The molecule has 0 aromatic heterocycles. The summed E-state index contributed by atoms with van der Waals surface area (Å²) in [5.74, 6) is -0.340. The van der Waals surface area contributed by atoms with Crippen molar-refractivity contribution >= 4 is 10.0 Å². The lowest BCUT2D eigenvalue weighted by Crippen LogP contribution is -2.23. The van der Waals surface area contributed by atoms with Gasteiger partial charge in [-0.1, -0.05) is 37.6 Å². The Morgan fingerprint density at radius 2 is 1.52 bits per heavy atom. The molecule has 0 fully saturated rings. The number of hydrogen-bond acceptors (Lipinski definition) is 2. The van der Waals surface area contributed by atoms with Gasteiger partial charge in [0.2, 0.25) is 10.0 Å². The van der Waals surface area contributed by atoms with Crippen LogP contribution in [0.3, 0.4) is 0 Å². The van der Waals surface area contributed by atoms with Crippen LogP contribution >= 0.6 is 0 Å². The van der Waals surface area contributed by atoms with E-state index in [0.29, 0.717) is 5.56 Å². The van der Waals surface area contributed by atoms with Crippen LogP contribution in [-0.2, 0) is 23.0 Å². The second-order valence-electron chi connectivity index (χ2n) is 4.84. The Morgan fingerprint density at radius 3 is 2.10 bits per heavy atom. The van der Waals surface area contributed by atoms with E-state index in [1.54, 1.807) is 24.3 Å². The van der Waals surface area contributed by atoms with Crippen molar-refractivity contribution in [2.45, 2.75) is 31.2 Å². The number of halogens is 1. The molecular formula is C16H18FNO2S. The summed E-state index contributed by atoms with van der Waals surface area (Å²) in [6.07, 6.45) is 1.96. The lowest BCUT2D eigenvalue weighted by molar-refractivity contribution is 0.581. The van der Waals surface area contributed by atoms with Crippen LogP contribution in [0.2, 0.25) is 0 Å². The molecule has 0 atom stereocenters. The van der Waals surface area contributed by atoms with Gasteiger partial charge < -0.3 is 0 Å². The van der Waals surface area contributed by atoms with Gasteiger partial charge in [0.1, 0.15) is 5.82 Å². The van der Waals surface area contributed by atoms with Gasteiger partial charge in [-0.25, -0.2) is 17.5 Å². The minimum atomic E-state index is -3.54. The molecule has 0 saturated heterocycles. The first-order chi connectivity index (χ1) is 10.0. The standard InChI is InChI=1S/C16H18FNO2S/c1-2-3-13-6-10-16(11-7-13)21(19,20)18-12-14-4-8-15(17)9-5-14/h4-11,18H,2-3,12H2,1H3. The van der Waals surface area contributed by atoms with Crippen molar-refractivity contribution in [3.8, 4) is 0 Å². The van der Waals surface area contributed by atoms with E-state index >= 15 is 0 Å². The average Bonchev–Trinajstić information content (AvgIpc) is 2.48. The van der Waals surface area contributed by atoms with Crippen LogP contribution in [-0.4, -0.2) is 8.42 Å². The highest BCUT2D eigenvalue weighted by Gasteiger charge is 2.13. The molecule has 0 unspecified atom stereocenters. The van der Waals surface area contributed by atoms with E-state index in [2.05, 4.69) is 11.6 Å². The Kier molecular flexibility index (Phi) is 5.09. The van der Waals surface area contributed by atoms with Crippen LogP contribution in [0, 0.1) is 5.82 Å². The van der Waals surface area contributed by atoms with Gasteiger partial charge in [0, 0.05) is 6.54 Å². The van der Waals surface area contributed by atoms with E-state index in [4.69, 9.17) is 0 Å². The second-order valence-corrected chi connectivity index (χ2v) is 6.61. The Bertz CT molecular complexity index is 679. The maximum absolute atomic E-state index is 12.8. The summed E-state index contributed by atoms with van der Waals surface area (Å²) < 4.78 is 39.6. The van der Waals surface area contributed by atoms with Gasteiger partial charge in [-0.05, 0) is 41.8 Å². The molecule has 5 heteroatoms. The first kappa shape index (κ1) is 15.7. The number of benzene rings is 2. The van der Waals surface area contributed by atoms with Gasteiger partial charge in [0.05, 0.1) is 4.90 Å². The normalized spacial score (nSPS) is 11.5. The zero-order valence-electron chi connectivity index (χ0n) is 11.8. The molecule has 2 rings (SSSR count). The third-order valence-corrected chi connectivity index (χ3v) is 4.57. The SMILES string of the molecule is CCCc1ccc(S(=O)(=O)NCc2ccc(F)cc2)cc1. The van der Waals surface area contributed by atoms with E-state index in [0.717, 1.165) is 18.4 Å². The van der Waals surface area contributed by atoms with E-state index in [1.165, 1.54) is 12.1 Å². The summed E-state index contributed by atoms with van der Waals surface area (Å²) >= 11 is 0. The van der Waals surface area contributed by atoms with Gasteiger partial charge >= 0.3 is 0 Å². The fourth-order valence-electron chi connectivity index (χ4n) is 1.99. The molecule has 1 N–H and O–H groups in total. The Hall–Kier alpha value is -1.72. The van der Waals surface area contributed by atoms with Crippen LogP contribution in [0.1, 0.15) is 24.5 Å². The number of hydrogen-bond donors (Lipinski definition) is 1. The van der Waals surface area contributed by atoms with Gasteiger partial charge in [-0.15, -0.1) is 0 Å². The third kappa shape index (κ3) is 4.37. The summed E-state index contributed by atoms with van der Waals surface area (Å²) in [6, 6.07) is 12.6. The molecule has 0 saturated carbocycles. The molecule has 0 heterocycles. The van der Waals surface area contributed by atoms with Crippen LogP contribution < -0.4 is 4.72 Å². The minimum Gasteiger partial charge on any atom is -0.207 e. The number of nitrogens with one attached hydrogen (secondary N) is 1. The molecule has 3 nitrogen and oxygen atoms in total. The summed E-state index contributed by atoms with van der Waals surface area (Å²) in [7, 11) is -3.54. The molecule has 0 spiro atoms. The predicted molar refractivity (Wildman–Crippen MR) is 80.9 cm³/mol. The summed E-state index contributed by atoms with van der Waals surface area (Å²) in [6.45, 7) is 2.22. The Morgan fingerprint density at radius 1 is 0.952 bits per heavy atom. The zero-order valence-corrected chi connectivity index (χ0v) is 12.7. The molecule has 0 amide bonds. The Labute approximate surface area is 124 Å². The molecule has 21 heavy (non-hydrogen) atoms. The maximum atomic E-state index is 12.8. The van der Waals surface area contributed by atoms with Crippen molar-refractivity contribution in [3.63, 3.8) is 0 Å². The fourth-order valence-corrected chi connectivity index (χ4v) is 3.01. The molecule has 112 valence electrons. The quantitative estimate of drug-likeness (QED) is 0.890. The largest absolute Gasteiger partial charge is 0.240 e. The van der Waals surface area contributed by atoms with Gasteiger partial charge in [-0.2, -0.15) is 0 Å². The van der Waals surface area contributed by atoms with Crippen molar-refractivity contribution in [1.82, 2.24) is 4.72 Å². The molecule has 0 aliphatic carbocycles. The third-order valence-electron chi connectivity index (χ3n) is 3.15. The summed E-state index contributed by atoms with van der Waals surface area (Å²) in [4.78, 5) is 0.240. The van der Waals surface area contributed by atoms with E-state index in [9.17, 15) is 12.8 Å². The van der Waals surface area contributed by atoms with Gasteiger partial charge in [-0.3, -0.25) is 0 Å². The molecule has 0 bridgehead atoms. The van der Waals surface area contributed by atoms with Crippen LogP contribution in [0.15, 0.2) is 53.4 Å². The number of aryl methyl sites for hydroxylation is 1. The van der Waals surface area contributed by atoms with Crippen molar-refractivity contribution in [2.75, 3.05) is 0 Å². The monoisotopic (exact) mass is 307 g/mol. The number of sulfonamides is 1. The zero-order chi connectivity index (χ0) is 15.3. The highest BCUT2D eigenvalue weighted by molar-refractivity contribution is 7.89. The lowest BCUT2D eigenvalue weighted by atomic mass is 10.1. The molecular weight excluding hydrogens is 289 g/mol. The second kappa shape index (κ2) is 6.83.